The van der Waals surface area contributed by atoms with Crippen molar-refractivity contribution in [2.45, 2.75) is 13.5 Å². The lowest BCUT2D eigenvalue weighted by Gasteiger charge is -2.34. The third-order valence-corrected chi connectivity index (χ3v) is 4.04. The van der Waals surface area contributed by atoms with Crippen LogP contribution in [0.4, 0.5) is 5.69 Å². The Hall–Kier alpha value is -2.83. The summed E-state index contributed by atoms with van der Waals surface area (Å²) < 4.78 is 5.25. The van der Waals surface area contributed by atoms with Crippen molar-refractivity contribution in [3.8, 4) is 0 Å². The van der Waals surface area contributed by atoms with Crippen LogP contribution in [0.3, 0.4) is 0 Å². The zero-order valence-electron chi connectivity index (χ0n) is 13.6. The molecule has 0 unspecified atom stereocenters. The number of carbonyl (C=O) groups is 2. The summed E-state index contributed by atoms with van der Waals surface area (Å²) in [5, 5.41) is 3.19. The van der Waals surface area contributed by atoms with E-state index in [2.05, 4.69) is 10.3 Å². The summed E-state index contributed by atoms with van der Waals surface area (Å²) >= 11 is 0. The largest absolute Gasteiger partial charge is 0.467 e. The molecular formula is C17H20N4O3. The number of pyridine rings is 1. The van der Waals surface area contributed by atoms with Gasteiger partial charge in [0.25, 0.3) is 5.91 Å². The van der Waals surface area contributed by atoms with Crippen LogP contribution in [0.1, 0.15) is 23.2 Å². The minimum atomic E-state index is -0.101. The predicted octanol–water partition coefficient (Wildman–Crippen LogP) is 1.59. The average Bonchev–Trinajstić information content (AvgIpc) is 3.13. The number of hydrogen-bond donors (Lipinski definition) is 1. The van der Waals surface area contributed by atoms with Gasteiger partial charge in [0.05, 0.1) is 24.7 Å². The number of hydrogen-bond acceptors (Lipinski definition) is 5. The molecule has 24 heavy (non-hydrogen) atoms. The molecule has 0 aliphatic carbocycles. The van der Waals surface area contributed by atoms with Crippen molar-refractivity contribution in [1.82, 2.24) is 14.8 Å². The first-order valence-electron chi connectivity index (χ1n) is 7.90. The van der Waals surface area contributed by atoms with Crippen LogP contribution in [0, 0.1) is 0 Å². The van der Waals surface area contributed by atoms with E-state index in [0.717, 1.165) is 11.4 Å². The summed E-state index contributed by atoms with van der Waals surface area (Å²) in [5.74, 6) is 0.779. The number of carbonyl (C=O) groups excluding carboxylic acids is 2. The van der Waals surface area contributed by atoms with Gasteiger partial charge < -0.3 is 19.5 Å². The molecule has 3 rings (SSSR count). The number of aromatic nitrogens is 1. The van der Waals surface area contributed by atoms with E-state index in [-0.39, 0.29) is 11.8 Å². The molecule has 1 aliphatic rings. The van der Waals surface area contributed by atoms with Crippen molar-refractivity contribution in [2.75, 3.05) is 31.5 Å². The maximum atomic E-state index is 12.5. The molecule has 1 N–H and O–H groups in total. The van der Waals surface area contributed by atoms with Crippen LogP contribution >= 0.6 is 0 Å². The second kappa shape index (κ2) is 7.16. The highest BCUT2D eigenvalue weighted by atomic mass is 16.3. The van der Waals surface area contributed by atoms with Gasteiger partial charge in [0, 0.05) is 33.1 Å². The van der Waals surface area contributed by atoms with Crippen LogP contribution in [-0.4, -0.2) is 52.8 Å². The lowest BCUT2D eigenvalue weighted by atomic mass is 10.2. The fourth-order valence-corrected chi connectivity index (χ4v) is 2.61. The Kier molecular flexibility index (Phi) is 4.79. The molecule has 7 heteroatoms. The molecule has 2 amide bonds. The fraction of sp³-hybridized carbons (Fsp3) is 0.353. The first-order chi connectivity index (χ1) is 11.6. The second-order valence-electron chi connectivity index (χ2n) is 5.66. The Morgan fingerprint density at radius 2 is 1.92 bits per heavy atom. The molecular weight excluding hydrogens is 308 g/mol. The minimum Gasteiger partial charge on any atom is -0.467 e. The molecule has 1 saturated heterocycles. The van der Waals surface area contributed by atoms with Crippen molar-refractivity contribution in [3.63, 3.8) is 0 Å². The van der Waals surface area contributed by atoms with Gasteiger partial charge >= 0.3 is 0 Å². The molecule has 0 saturated carbocycles. The van der Waals surface area contributed by atoms with E-state index in [4.69, 9.17) is 4.42 Å². The van der Waals surface area contributed by atoms with E-state index >= 15 is 0 Å². The van der Waals surface area contributed by atoms with E-state index in [0.29, 0.717) is 38.4 Å². The summed E-state index contributed by atoms with van der Waals surface area (Å²) in [6.07, 6.45) is 3.27. The SMILES string of the molecule is CC(=O)N1CCN(C(=O)c2ccc(NCc3ccco3)cn2)CC1. The van der Waals surface area contributed by atoms with Gasteiger partial charge in [-0.15, -0.1) is 0 Å². The van der Waals surface area contributed by atoms with E-state index in [9.17, 15) is 9.59 Å². The van der Waals surface area contributed by atoms with E-state index in [1.807, 2.05) is 18.2 Å². The molecule has 0 bridgehead atoms. The Labute approximate surface area is 140 Å². The molecule has 1 fully saturated rings. The zero-order chi connectivity index (χ0) is 16.9. The van der Waals surface area contributed by atoms with Crippen molar-refractivity contribution >= 4 is 17.5 Å². The van der Waals surface area contributed by atoms with Crippen LogP contribution in [0.2, 0.25) is 0 Å². The molecule has 7 nitrogen and oxygen atoms in total. The molecule has 2 aromatic rings. The summed E-state index contributed by atoms with van der Waals surface area (Å²) in [6, 6.07) is 7.26. The maximum absolute atomic E-state index is 12.5. The second-order valence-corrected chi connectivity index (χ2v) is 5.66. The Morgan fingerprint density at radius 3 is 2.50 bits per heavy atom. The monoisotopic (exact) mass is 328 g/mol. The molecule has 3 heterocycles. The van der Waals surface area contributed by atoms with Gasteiger partial charge in [-0.05, 0) is 24.3 Å². The van der Waals surface area contributed by atoms with E-state index < -0.39 is 0 Å². The summed E-state index contributed by atoms with van der Waals surface area (Å²) in [7, 11) is 0. The molecule has 1 aliphatic heterocycles. The fourth-order valence-electron chi connectivity index (χ4n) is 2.61. The number of furan rings is 1. The van der Waals surface area contributed by atoms with Gasteiger partial charge in [-0.3, -0.25) is 9.59 Å². The van der Waals surface area contributed by atoms with E-state index in [1.54, 1.807) is 35.2 Å². The first kappa shape index (κ1) is 16.0. The number of piperazine rings is 1. The molecule has 0 spiro atoms. The number of rotatable bonds is 4. The van der Waals surface area contributed by atoms with Crippen LogP contribution in [0.25, 0.3) is 0 Å². The van der Waals surface area contributed by atoms with Gasteiger partial charge in [-0.1, -0.05) is 0 Å². The summed E-state index contributed by atoms with van der Waals surface area (Å²) in [5.41, 5.74) is 1.24. The van der Waals surface area contributed by atoms with E-state index in [1.165, 1.54) is 0 Å². The van der Waals surface area contributed by atoms with Crippen LogP contribution in [-0.2, 0) is 11.3 Å². The third kappa shape index (κ3) is 3.73. The first-order valence-corrected chi connectivity index (χ1v) is 7.90. The Morgan fingerprint density at radius 1 is 1.17 bits per heavy atom. The lowest BCUT2D eigenvalue weighted by molar-refractivity contribution is -0.130. The number of amides is 2. The molecule has 2 aromatic heterocycles. The van der Waals surface area contributed by atoms with Crippen molar-refractivity contribution in [2.24, 2.45) is 0 Å². The lowest BCUT2D eigenvalue weighted by Crippen LogP contribution is -2.50. The van der Waals surface area contributed by atoms with Crippen molar-refractivity contribution in [1.29, 1.82) is 0 Å². The highest BCUT2D eigenvalue weighted by Crippen LogP contribution is 2.12. The highest BCUT2D eigenvalue weighted by molar-refractivity contribution is 5.92. The minimum absolute atomic E-state index is 0.0483. The molecule has 126 valence electrons. The van der Waals surface area contributed by atoms with Crippen LogP contribution < -0.4 is 5.32 Å². The maximum Gasteiger partial charge on any atom is 0.272 e. The number of nitrogens with zero attached hydrogens (tertiary/aromatic N) is 3. The van der Waals surface area contributed by atoms with Gasteiger partial charge in [-0.25, -0.2) is 4.98 Å². The Bertz CT molecular complexity index is 689. The zero-order valence-corrected chi connectivity index (χ0v) is 13.6. The van der Waals surface area contributed by atoms with Crippen LogP contribution in [0.15, 0.2) is 41.1 Å². The smallest absolute Gasteiger partial charge is 0.272 e. The summed E-state index contributed by atoms with van der Waals surface area (Å²) in [6.45, 7) is 4.34. The van der Waals surface area contributed by atoms with Crippen LogP contribution in [0.5, 0.6) is 0 Å². The Balaban J connectivity index is 1.55. The highest BCUT2D eigenvalue weighted by Gasteiger charge is 2.23. The van der Waals surface area contributed by atoms with Gasteiger partial charge in [0.15, 0.2) is 0 Å². The topological polar surface area (TPSA) is 78.7 Å². The standard InChI is InChI=1S/C17H20N4O3/c1-13(22)20-6-8-21(9-7-20)17(23)16-5-4-14(11-19-16)18-12-15-3-2-10-24-15/h2-5,10-11,18H,6-9,12H2,1H3. The average molecular weight is 328 g/mol. The molecule has 0 atom stereocenters. The van der Waals surface area contributed by atoms with Gasteiger partial charge in [-0.2, -0.15) is 0 Å². The molecule has 0 aromatic carbocycles. The van der Waals surface area contributed by atoms with Crippen molar-refractivity contribution < 1.29 is 14.0 Å². The quantitative estimate of drug-likeness (QED) is 0.922. The van der Waals surface area contributed by atoms with Crippen molar-refractivity contribution in [3.05, 3.63) is 48.2 Å². The summed E-state index contributed by atoms with van der Waals surface area (Å²) in [4.78, 5) is 31.5. The van der Waals surface area contributed by atoms with Gasteiger partial charge in [0.2, 0.25) is 5.91 Å². The van der Waals surface area contributed by atoms with Gasteiger partial charge in [0.1, 0.15) is 11.5 Å². The predicted molar refractivity (Wildman–Crippen MR) is 88.4 cm³/mol. The number of nitrogens with one attached hydrogen (secondary N) is 1. The third-order valence-electron chi connectivity index (χ3n) is 4.04. The molecule has 0 radical (unpaired) electrons. The number of anilines is 1. The normalized spacial score (nSPS) is 14.5.